The predicted molar refractivity (Wildman–Crippen MR) is 187 cm³/mol. The second kappa shape index (κ2) is 14.0. The van der Waals surface area contributed by atoms with Crippen LogP contribution < -0.4 is 14.4 Å². The Kier molecular flexibility index (Phi) is 9.91. The molecule has 5 atom stereocenters. The molecule has 49 heavy (non-hydrogen) atoms. The van der Waals surface area contributed by atoms with Gasteiger partial charge in [0.25, 0.3) is 5.91 Å². The molecule has 266 valence electrons. The van der Waals surface area contributed by atoms with E-state index in [2.05, 4.69) is 9.62 Å². The molecule has 0 spiro atoms. The van der Waals surface area contributed by atoms with Gasteiger partial charge in [-0.25, -0.2) is 8.42 Å². The number of fused-ring (bicyclic) bond motifs is 6. The number of hydrogen-bond donors (Lipinski definition) is 2. The molecule has 2 amide bonds. The molecule has 7 rings (SSSR count). The number of aryl methyl sites for hydroxylation is 1. The fraction of sp³-hybridized carbons (Fsp3) is 0.622. The third-order valence-electron chi connectivity index (χ3n) is 11.6. The van der Waals surface area contributed by atoms with Gasteiger partial charge < -0.3 is 24.4 Å². The molecule has 2 aliphatic carbocycles. The molecule has 2 aromatic carbocycles. The highest BCUT2D eigenvalue weighted by atomic mass is 35.5. The number of aliphatic hydroxyl groups is 1. The zero-order valence-electron chi connectivity index (χ0n) is 28.2. The van der Waals surface area contributed by atoms with Gasteiger partial charge >= 0.3 is 0 Å². The lowest BCUT2D eigenvalue weighted by atomic mass is 9.67. The third kappa shape index (κ3) is 7.46. The number of halogens is 1. The molecule has 3 heterocycles. The van der Waals surface area contributed by atoms with Crippen LogP contribution >= 0.6 is 11.6 Å². The number of hydrogen-bond acceptors (Lipinski definition) is 8. The highest BCUT2D eigenvalue weighted by Crippen LogP contribution is 2.45. The summed E-state index contributed by atoms with van der Waals surface area (Å²) in [6, 6.07) is 10.9. The zero-order valence-corrected chi connectivity index (χ0v) is 29.8. The number of ether oxygens (including phenoxy) is 2. The van der Waals surface area contributed by atoms with Gasteiger partial charge in [-0.05, 0) is 123 Å². The third-order valence-corrected chi connectivity index (χ3v) is 13.6. The fourth-order valence-electron chi connectivity index (χ4n) is 8.09. The molecule has 3 fully saturated rings. The van der Waals surface area contributed by atoms with Crippen molar-refractivity contribution >= 4 is 39.1 Å². The molecule has 2 aromatic rings. The standard InChI is InChI=1S/C37H48ClN3O7S/c1-40-16-13-24-14-17-47-34(18-24)31-11-6-26(31)22-41-15-3-2-4-25-19-29(38)8-5-27(25)23-48-33-12-7-28(20-32(33)41)37(44,21-35(40)42)36(43)39-49(45,46)30-9-10-30/h5,7-8,12,19-20,24,26,30-31,34,44H,2-4,6,9-11,13-18,21-23H2,1H3,(H,39,43)/t24-,26+,31-,34+,37-/m1/s1. The number of nitrogens with zero attached hydrogens (tertiary/aromatic N) is 2. The van der Waals surface area contributed by atoms with Crippen LogP contribution in [0.5, 0.6) is 5.75 Å². The maximum atomic E-state index is 13.9. The van der Waals surface area contributed by atoms with Crippen molar-refractivity contribution in [3.05, 3.63) is 58.1 Å². The van der Waals surface area contributed by atoms with Crippen LogP contribution in [0.1, 0.15) is 80.9 Å². The van der Waals surface area contributed by atoms with Crippen molar-refractivity contribution in [3.63, 3.8) is 0 Å². The van der Waals surface area contributed by atoms with Crippen molar-refractivity contribution in [2.45, 2.75) is 94.2 Å². The number of anilines is 1. The molecule has 2 saturated carbocycles. The fourth-order valence-corrected chi connectivity index (χ4v) is 9.64. The van der Waals surface area contributed by atoms with Crippen molar-refractivity contribution in [2.24, 2.45) is 17.8 Å². The number of sulfonamides is 1. The zero-order chi connectivity index (χ0) is 34.3. The molecule has 12 heteroatoms. The molecule has 1 saturated heterocycles. The van der Waals surface area contributed by atoms with Crippen LogP contribution in [-0.4, -0.2) is 74.9 Å². The summed E-state index contributed by atoms with van der Waals surface area (Å²) in [6.07, 6.45) is 8.11. The topological polar surface area (TPSA) is 125 Å². The predicted octanol–water partition coefficient (Wildman–Crippen LogP) is 4.93. The molecule has 0 aromatic heterocycles. The van der Waals surface area contributed by atoms with Gasteiger partial charge in [0.15, 0.2) is 5.60 Å². The largest absolute Gasteiger partial charge is 0.487 e. The maximum Gasteiger partial charge on any atom is 0.270 e. The van der Waals surface area contributed by atoms with Gasteiger partial charge in [-0.2, -0.15) is 0 Å². The normalized spacial score (nSPS) is 29.7. The van der Waals surface area contributed by atoms with E-state index in [1.165, 1.54) is 0 Å². The van der Waals surface area contributed by atoms with Crippen LogP contribution in [0.3, 0.4) is 0 Å². The summed E-state index contributed by atoms with van der Waals surface area (Å²) in [5.41, 5.74) is 0.638. The smallest absolute Gasteiger partial charge is 0.270 e. The van der Waals surface area contributed by atoms with Crippen molar-refractivity contribution in [3.8, 4) is 5.75 Å². The molecule has 4 bridgehead atoms. The number of benzene rings is 2. The van der Waals surface area contributed by atoms with Crippen LogP contribution in [0.2, 0.25) is 5.02 Å². The molecule has 5 aliphatic rings. The average molecular weight is 714 g/mol. The first kappa shape index (κ1) is 34.6. The molecule has 10 nitrogen and oxygen atoms in total. The summed E-state index contributed by atoms with van der Waals surface area (Å²) < 4.78 is 40.9. The van der Waals surface area contributed by atoms with E-state index in [9.17, 15) is 23.1 Å². The van der Waals surface area contributed by atoms with E-state index < -0.39 is 39.1 Å². The Bertz CT molecular complexity index is 1680. The Labute approximate surface area is 294 Å². The summed E-state index contributed by atoms with van der Waals surface area (Å²) in [5.74, 6) is 0.301. The number of amides is 2. The van der Waals surface area contributed by atoms with E-state index >= 15 is 0 Å². The molecular weight excluding hydrogens is 666 g/mol. The minimum Gasteiger partial charge on any atom is -0.487 e. The van der Waals surface area contributed by atoms with E-state index in [1.807, 2.05) is 18.2 Å². The van der Waals surface area contributed by atoms with Crippen molar-refractivity contribution < 1.29 is 32.6 Å². The van der Waals surface area contributed by atoms with Crippen LogP contribution in [0.25, 0.3) is 0 Å². The van der Waals surface area contributed by atoms with Gasteiger partial charge in [0, 0.05) is 38.3 Å². The second-order valence-electron chi connectivity index (χ2n) is 14.9. The first-order valence-electron chi connectivity index (χ1n) is 17.9. The Morgan fingerprint density at radius 1 is 1.02 bits per heavy atom. The summed E-state index contributed by atoms with van der Waals surface area (Å²) >= 11 is 6.37. The van der Waals surface area contributed by atoms with Crippen LogP contribution in [0.15, 0.2) is 36.4 Å². The summed E-state index contributed by atoms with van der Waals surface area (Å²) in [6.45, 7) is 2.97. The lowest BCUT2D eigenvalue weighted by Gasteiger charge is -2.47. The van der Waals surface area contributed by atoms with Crippen molar-refractivity contribution in [2.75, 3.05) is 38.2 Å². The molecule has 3 aliphatic heterocycles. The number of carbonyl (C=O) groups is 2. The Balaban J connectivity index is 1.31. The molecular formula is C37H48ClN3O7S. The van der Waals surface area contributed by atoms with Gasteiger partial charge in [0.2, 0.25) is 15.9 Å². The van der Waals surface area contributed by atoms with Crippen molar-refractivity contribution in [1.82, 2.24) is 9.62 Å². The molecule has 2 N–H and O–H groups in total. The Morgan fingerprint density at radius 2 is 1.86 bits per heavy atom. The monoisotopic (exact) mass is 713 g/mol. The van der Waals surface area contributed by atoms with Crippen LogP contribution in [0, 0.1) is 17.8 Å². The van der Waals surface area contributed by atoms with E-state index in [1.54, 1.807) is 30.1 Å². The summed E-state index contributed by atoms with van der Waals surface area (Å²) in [7, 11) is -2.31. The van der Waals surface area contributed by atoms with E-state index in [-0.39, 0.29) is 11.7 Å². The molecule has 0 radical (unpaired) electrons. The number of carbonyl (C=O) groups excluding carboxylic acids is 2. The number of nitrogens with one attached hydrogen (secondary N) is 1. The lowest BCUT2D eigenvalue weighted by Crippen LogP contribution is -2.50. The highest BCUT2D eigenvalue weighted by molar-refractivity contribution is 7.90. The summed E-state index contributed by atoms with van der Waals surface area (Å²) in [5, 5.41) is 12.3. The van der Waals surface area contributed by atoms with Crippen molar-refractivity contribution in [1.29, 1.82) is 0 Å². The first-order valence-corrected chi connectivity index (χ1v) is 19.9. The Hall–Kier alpha value is -2.86. The summed E-state index contributed by atoms with van der Waals surface area (Å²) in [4.78, 5) is 31.5. The van der Waals surface area contributed by atoms with Gasteiger partial charge in [0.05, 0.1) is 23.5 Å². The quantitative estimate of drug-likeness (QED) is 0.459. The second-order valence-corrected chi connectivity index (χ2v) is 17.3. The average Bonchev–Trinajstić information content (AvgIpc) is 3.92. The van der Waals surface area contributed by atoms with E-state index in [0.717, 1.165) is 75.6 Å². The highest BCUT2D eigenvalue weighted by Gasteiger charge is 2.47. The first-order chi connectivity index (χ1) is 23.5. The maximum absolute atomic E-state index is 13.9. The van der Waals surface area contributed by atoms with E-state index in [4.69, 9.17) is 21.1 Å². The van der Waals surface area contributed by atoms with Gasteiger partial charge in [-0.15, -0.1) is 0 Å². The van der Waals surface area contributed by atoms with Crippen LogP contribution in [0.4, 0.5) is 5.69 Å². The Morgan fingerprint density at radius 3 is 2.63 bits per heavy atom. The molecule has 0 unspecified atom stereocenters. The van der Waals surface area contributed by atoms with Gasteiger partial charge in [-0.3, -0.25) is 14.3 Å². The minimum absolute atomic E-state index is 0.157. The van der Waals surface area contributed by atoms with Crippen LogP contribution in [-0.2, 0) is 43.0 Å². The van der Waals surface area contributed by atoms with Gasteiger partial charge in [-0.1, -0.05) is 23.7 Å². The van der Waals surface area contributed by atoms with E-state index in [0.29, 0.717) is 66.8 Å². The lowest BCUT2D eigenvalue weighted by molar-refractivity contribution is -0.148. The van der Waals surface area contributed by atoms with Gasteiger partial charge in [0.1, 0.15) is 12.4 Å². The SMILES string of the molecule is CN1CC[C@@H]2CCO[C@@H](C2)[C@@H]2CC[C@H]2CN2CCCCc3cc(Cl)ccc3COc3ccc(cc32)[C@@](O)(C(=O)NS(=O)(=O)C2CC2)CC1=O. The minimum atomic E-state index is -3.99. The number of rotatable bonds is 3.